The normalized spacial score (nSPS) is 17.8. The molecule has 24 heavy (non-hydrogen) atoms. The highest BCUT2D eigenvalue weighted by atomic mass is 19.1. The molecule has 7 heteroatoms. The van der Waals surface area contributed by atoms with Gasteiger partial charge in [0.1, 0.15) is 5.82 Å². The van der Waals surface area contributed by atoms with Crippen LogP contribution in [0.15, 0.2) is 30.5 Å². The van der Waals surface area contributed by atoms with E-state index >= 15 is 0 Å². The lowest BCUT2D eigenvalue weighted by Crippen LogP contribution is -2.42. The summed E-state index contributed by atoms with van der Waals surface area (Å²) < 4.78 is 13.2. The lowest BCUT2D eigenvalue weighted by atomic mass is 9.93. The quantitative estimate of drug-likeness (QED) is 0.896. The topological polar surface area (TPSA) is 98.1 Å². The van der Waals surface area contributed by atoms with Gasteiger partial charge >= 0.3 is 0 Å². The number of rotatable bonds is 3. The summed E-state index contributed by atoms with van der Waals surface area (Å²) in [4.78, 5) is 22.4. The number of aromatic nitrogens is 2. The van der Waals surface area contributed by atoms with E-state index in [1.54, 1.807) is 23.2 Å². The van der Waals surface area contributed by atoms with E-state index in [1.165, 1.54) is 12.1 Å². The first-order chi connectivity index (χ1) is 11.6. The third-order valence-corrected chi connectivity index (χ3v) is 4.31. The van der Waals surface area contributed by atoms with Crippen LogP contribution in [-0.2, 0) is 4.79 Å². The second-order valence-electron chi connectivity index (χ2n) is 5.84. The summed E-state index contributed by atoms with van der Waals surface area (Å²) in [7, 11) is 0. The van der Waals surface area contributed by atoms with Crippen LogP contribution in [0.4, 0.5) is 10.3 Å². The second-order valence-corrected chi connectivity index (χ2v) is 5.84. The number of anilines is 1. The lowest BCUT2D eigenvalue weighted by Gasteiger charge is -2.36. The number of halogens is 1. The number of hydrogen-bond acceptors (Lipinski definition) is 5. The van der Waals surface area contributed by atoms with Gasteiger partial charge in [0.05, 0.1) is 18.3 Å². The zero-order chi connectivity index (χ0) is 17.1. The van der Waals surface area contributed by atoms with Crippen molar-refractivity contribution in [1.82, 2.24) is 14.9 Å². The maximum Gasteiger partial charge on any atom is 0.236 e. The highest BCUT2D eigenvalue weighted by molar-refractivity contribution is 5.79. The van der Waals surface area contributed by atoms with Crippen molar-refractivity contribution in [2.24, 2.45) is 5.73 Å². The summed E-state index contributed by atoms with van der Waals surface area (Å²) in [5.74, 6) is -0.266. The fourth-order valence-corrected chi connectivity index (χ4v) is 3.15. The summed E-state index contributed by atoms with van der Waals surface area (Å²) in [6, 6.07) is 5.93. The number of carbonyl (C=O) groups excluding carboxylic acids is 1. The van der Waals surface area contributed by atoms with Gasteiger partial charge in [-0.25, -0.2) is 14.4 Å². The van der Waals surface area contributed by atoms with Crippen molar-refractivity contribution in [3.8, 4) is 11.1 Å². The molecule has 3 rings (SSSR count). The molecular weight excluding hydrogens is 309 g/mol. The van der Waals surface area contributed by atoms with E-state index in [-0.39, 0.29) is 30.3 Å². The van der Waals surface area contributed by atoms with Gasteiger partial charge in [0.25, 0.3) is 0 Å². The Morgan fingerprint density at radius 2 is 2.04 bits per heavy atom. The van der Waals surface area contributed by atoms with Crippen LogP contribution in [0.3, 0.4) is 0 Å². The van der Waals surface area contributed by atoms with Crippen LogP contribution in [0.25, 0.3) is 11.1 Å². The van der Waals surface area contributed by atoms with Crippen LogP contribution >= 0.6 is 0 Å². The molecular formula is C17H20FN5O. The first-order valence-electron chi connectivity index (χ1n) is 7.98. The molecule has 1 fully saturated rings. The second kappa shape index (κ2) is 6.92. The highest BCUT2D eigenvalue weighted by Gasteiger charge is 2.30. The Kier molecular flexibility index (Phi) is 4.71. The Morgan fingerprint density at radius 3 is 2.75 bits per heavy atom. The lowest BCUT2D eigenvalue weighted by molar-refractivity contribution is -0.133. The number of benzene rings is 1. The van der Waals surface area contributed by atoms with E-state index in [2.05, 4.69) is 9.97 Å². The van der Waals surface area contributed by atoms with Gasteiger partial charge in [-0.1, -0.05) is 12.1 Å². The molecule has 1 aliphatic heterocycles. The standard InChI is InChI=1S/C17H20FN5O/c18-12-6-4-11(5-7-12)13-10-21-17(20)22-16(13)14-3-1-2-8-23(14)15(24)9-19/h4-7,10,14H,1-3,8-9,19H2,(H2,20,21,22)/t14-/m0/s1. The summed E-state index contributed by atoms with van der Waals surface area (Å²) in [5, 5.41) is 0. The summed E-state index contributed by atoms with van der Waals surface area (Å²) in [6.45, 7) is 0.608. The van der Waals surface area contributed by atoms with Crippen molar-refractivity contribution in [3.63, 3.8) is 0 Å². The van der Waals surface area contributed by atoms with Gasteiger partial charge in [-0.15, -0.1) is 0 Å². The van der Waals surface area contributed by atoms with Gasteiger partial charge < -0.3 is 16.4 Å². The van der Waals surface area contributed by atoms with Crippen LogP contribution in [-0.4, -0.2) is 33.9 Å². The van der Waals surface area contributed by atoms with Crippen molar-refractivity contribution in [1.29, 1.82) is 0 Å². The van der Waals surface area contributed by atoms with Crippen LogP contribution in [0.5, 0.6) is 0 Å². The number of carbonyl (C=O) groups is 1. The maximum atomic E-state index is 13.2. The van der Waals surface area contributed by atoms with Crippen molar-refractivity contribution >= 4 is 11.9 Å². The Hall–Kier alpha value is -2.54. The molecule has 1 aromatic heterocycles. The third kappa shape index (κ3) is 3.21. The van der Waals surface area contributed by atoms with E-state index < -0.39 is 0 Å². The molecule has 1 aromatic carbocycles. The van der Waals surface area contributed by atoms with Crippen molar-refractivity contribution in [3.05, 3.63) is 42.0 Å². The maximum absolute atomic E-state index is 13.2. The average molecular weight is 329 g/mol. The fourth-order valence-electron chi connectivity index (χ4n) is 3.15. The van der Waals surface area contributed by atoms with Crippen LogP contribution in [0, 0.1) is 5.82 Å². The SMILES string of the molecule is NCC(=O)N1CCCC[C@H]1c1nc(N)ncc1-c1ccc(F)cc1. The van der Waals surface area contributed by atoms with Crippen molar-refractivity contribution < 1.29 is 9.18 Å². The summed E-state index contributed by atoms with van der Waals surface area (Å²) >= 11 is 0. The average Bonchev–Trinajstić information content (AvgIpc) is 2.62. The number of piperidine rings is 1. The van der Waals surface area contributed by atoms with Gasteiger partial charge in [-0.3, -0.25) is 4.79 Å². The molecule has 1 saturated heterocycles. The van der Waals surface area contributed by atoms with E-state index in [0.717, 1.165) is 30.4 Å². The minimum absolute atomic E-state index is 0.0387. The molecule has 2 aromatic rings. The minimum Gasteiger partial charge on any atom is -0.368 e. The molecule has 1 atom stereocenters. The zero-order valence-electron chi connectivity index (χ0n) is 13.3. The molecule has 0 unspecified atom stereocenters. The number of nitrogens with two attached hydrogens (primary N) is 2. The molecule has 6 nitrogen and oxygen atoms in total. The smallest absolute Gasteiger partial charge is 0.236 e. The van der Waals surface area contributed by atoms with Gasteiger partial charge in [0, 0.05) is 18.3 Å². The summed E-state index contributed by atoms with van der Waals surface area (Å²) in [5.41, 5.74) is 13.6. The Labute approximate surface area is 139 Å². The Balaban J connectivity index is 2.06. The molecule has 0 saturated carbocycles. The van der Waals surface area contributed by atoms with Gasteiger partial charge in [0.2, 0.25) is 11.9 Å². The molecule has 0 radical (unpaired) electrons. The molecule has 0 spiro atoms. The van der Waals surface area contributed by atoms with E-state index in [1.807, 2.05) is 0 Å². The van der Waals surface area contributed by atoms with Gasteiger partial charge in [-0.05, 0) is 37.0 Å². The molecule has 2 heterocycles. The minimum atomic E-state index is -0.311. The monoisotopic (exact) mass is 329 g/mol. The van der Waals surface area contributed by atoms with Gasteiger partial charge in [0.15, 0.2) is 0 Å². The van der Waals surface area contributed by atoms with Crippen LogP contribution in [0.2, 0.25) is 0 Å². The zero-order valence-corrected chi connectivity index (χ0v) is 13.3. The fraction of sp³-hybridized carbons (Fsp3) is 0.353. The first kappa shape index (κ1) is 16.3. The highest BCUT2D eigenvalue weighted by Crippen LogP contribution is 2.35. The number of amides is 1. The number of nitrogens with zero attached hydrogens (tertiary/aromatic N) is 3. The molecule has 4 N–H and O–H groups in total. The molecule has 0 aliphatic carbocycles. The first-order valence-corrected chi connectivity index (χ1v) is 7.98. The Morgan fingerprint density at radius 1 is 1.29 bits per heavy atom. The third-order valence-electron chi connectivity index (χ3n) is 4.31. The number of nitrogen functional groups attached to an aromatic ring is 1. The van der Waals surface area contributed by atoms with Crippen molar-refractivity contribution in [2.75, 3.05) is 18.8 Å². The van der Waals surface area contributed by atoms with Crippen LogP contribution in [0.1, 0.15) is 31.0 Å². The number of hydrogen-bond donors (Lipinski definition) is 2. The predicted molar refractivity (Wildman–Crippen MR) is 89.2 cm³/mol. The summed E-state index contributed by atoms with van der Waals surface area (Å²) in [6.07, 6.45) is 4.35. The van der Waals surface area contributed by atoms with Crippen molar-refractivity contribution in [2.45, 2.75) is 25.3 Å². The molecule has 1 aliphatic rings. The number of likely N-dealkylation sites (tertiary alicyclic amines) is 1. The molecule has 1 amide bonds. The predicted octanol–water partition coefficient (Wildman–Crippen LogP) is 1.88. The Bertz CT molecular complexity index is 734. The van der Waals surface area contributed by atoms with E-state index in [0.29, 0.717) is 12.2 Å². The molecule has 126 valence electrons. The van der Waals surface area contributed by atoms with E-state index in [4.69, 9.17) is 11.5 Å². The molecule has 0 bridgehead atoms. The van der Waals surface area contributed by atoms with Crippen LogP contribution < -0.4 is 11.5 Å². The van der Waals surface area contributed by atoms with E-state index in [9.17, 15) is 9.18 Å². The van der Waals surface area contributed by atoms with Gasteiger partial charge in [-0.2, -0.15) is 0 Å². The largest absolute Gasteiger partial charge is 0.368 e.